The summed E-state index contributed by atoms with van der Waals surface area (Å²) in [5.41, 5.74) is -0.732. The molecule has 0 saturated carbocycles. The van der Waals surface area contributed by atoms with Crippen LogP contribution in [0.3, 0.4) is 0 Å². The van der Waals surface area contributed by atoms with E-state index in [1.54, 1.807) is 50.2 Å². The van der Waals surface area contributed by atoms with Crippen LogP contribution in [0, 0.1) is 13.8 Å². The third-order valence-corrected chi connectivity index (χ3v) is 6.53. The van der Waals surface area contributed by atoms with Gasteiger partial charge in [0, 0.05) is 17.5 Å². The van der Waals surface area contributed by atoms with Crippen molar-refractivity contribution < 1.29 is 34.1 Å². The molecular formula is C25H27N3O7. The van der Waals surface area contributed by atoms with Gasteiger partial charge in [0.1, 0.15) is 24.6 Å². The fraction of sp³-hybridized carbons (Fsp3) is 0.360. The monoisotopic (exact) mass is 481 g/mol. The summed E-state index contributed by atoms with van der Waals surface area (Å²) >= 11 is 0. The zero-order valence-electron chi connectivity index (χ0n) is 19.5. The lowest BCUT2D eigenvalue weighted by molar-refractivity contribution is -0.106. The minimum atomic E-state index is -2.34. The molecule has 2 aliphatic rings. The first kappa shape index (κ1) is 24.5. The van der Waals surface area contributed by atoms with Crippen molar-refractivity contribution in [1.82, 2.24) is 15.5 Å². The first-order valence-corrected chi connectivity index (χ1v) is 11.2. The molecule has 184 valence electrons. The van der Waals surface area contributed by atoms with Crippen molar-refractivity contribution in [2.24, 2.45) is 0 Å². The number of ether oxygens (including phenoxy) is 1. The van der Waals surface area contributed by atoms with Gasteiger partial charge >= 0.3 is 12.1 Å². The minimum absolute atomic E-state index is 0.198. The number of rotatable bonds is 6. The Morgan fingerprint density at radius 1 is 1.06 bits per heavy atom. The largest absolute Gasteiger partial charge is 0.382 e. The van der Waals surface area contributed by atoms with Gasteiger partial charge in [-0.1, -0.05) is 48.5 Å². The van der Waals surface area contributed by atoms with E-state index in [-0.39, 0.29) is 11.1 Å². The van der Waals surface area contributed by atoms with E-state index >= 15 is 0 Å². The van der Waals surface area contributed by atoms with Gasteiger partial charge in [-0.15, -0.1) is 0 Å². The number of aryl methyl sites for hydroxylation is 2. The second-order valence-electron chi connectivity index (χ2n) is 8.89. The summed E-state index contributed by atoms with van der Waals surface area (Å²) in [4.78, 5) is 52.2. The lowest BCUT2D eigenvalue weighted by Crippen LogP contribution is -2.65. The standard InChI is InChI=1S/C25H27N3O7/c1-13-8-4-6-10-16(13)19(29)20(30)22-25(34,21(31)17-11-7-5-9-14(17)2)12-18(35-22)28-15(3)26-23(32)27-24(28)33/h4-11,15,18,20,22,30,34H,12H2,1-3H3,(H2,26,27,32,33)/t15?,18-,20?,22-,25-/m1/s1. The second kappa shape index (κ2) is 9.21. The van der Waals surface area contributed by atoms with Gasteiger partial charge in [-0.3, -0.25) is 19.8 Å². The Morgan fingerprint density at radius 2 is 1.63 bits per heavy atom. The summed E-state index contributed by atoms with van der Waals surface area (Å²) in [5, 5.41) is 27.4. The Labute approximate surface area is 201 Å². The van der Waals surface area contributed by atoms with Gasteiger partial charge in [0.25, 0.3) is 0 Å². The maximum absolute atomic E-state index is 13.6. The van der Waals surface area contributed by atoms with Gasteiger partial charge in [0.05, 0.1) is 0 Å². The first-order chi connectivity index (χ1) is 16.5. The number of carbonyl (C=O) groups excluding carboxylic acids is 4. The SMILES string of the molecule is Cc1ccccc1C(=O)C(O)[C@H]1O[C@@H](N2C(=O)NC(=O)NC2C)C[C@@]1(O)C(=O)c1ccccc1C. The Morgan fingerprint density at radius 3 is 2.20 bits per heavy atom. The zero-order chi connectivity index (χ0) is 25.5. The molecule has 4 amide bonds. The predicted molar refractivity (Wildman–Crippen MR) is 124 cm³/mol. The number of imide groups is 1. The first-order valence-electron chi connectivity index (χ1n) is 11.2. The Hall–Kier alpha value is -3.60. The summed E-state index contributed by atoms with van der Waals surface area (Å²) in [6, 6.07) is 11.7. The number of benzene rings is 2. The molecule has 2 unspecified atom stereocenters. The lowest BCUT2D eigenvalue weighted by Gasteiger charge is -2.37. The molecule has 0 radical (unpaired) electrons. The number of Topliss-reactive ketones (excluding diaryl/α,β-unsaturated/α-hetero) is 2. The van der Waals surface area contributed by atoms with Crippen LogP contribution in [0.1, 0.15) is 45.2 Å². The number of aliphatic hydroxyl groups is 2. The maximum atomic E-state index is 13.6. The van der Waals surface area contributed by atoms with Gasteiger partial charge < -0.3 is 20.3 Å². The molecule has 0 aromatic heterocycles. The van der Waals surface area contributed by atoms with Crippen molar-refractivity contribution in [2.75, 3.05) is 0 Å². The van der Waals surface area contributed by atoms with Crippen LogP contribution in [-0.4, -0.2) is 68.9 Å². The van der Waals surface area contributed by atoms with Crippen LogP contribution in [0.4, 0.5) is 9.59 Å². The van der Waals surface area contributed by atoms with Crippen LogP contribution in [0.15, 0.2) is 48.5 Å². The molecule has 35 heavy (non-hydrogen) atoms. The second-order valence-corrected chi connectivity index (χ2v) is 8.89. The smallest absolute Gasteiger partial charge is 0.329 e. The fourth-order valence-corrected chi connectivity index (χ4v) is 4.65. The summed E-state index contributed by atoms with van der Waals surface area (Å²) < 4.78 is 5.89. The molecule has 2 aromatic carbocycles. The van der Waals surface area contributed by atoms with Gasteiger partial charge in [-0.2, -0.15) is 0 Å². The van der Waals surface area contributed by atoms with Crippen molar-refractivity contribution in [3.63, 3.8) is 0 Å². The van der Waals surface area contributed by atoms with Crippen molar-refractivity contribution in [1.29, 1.82) is 0 Å². The number of urea groups is 2. The molecule has 0 spiro atoms. The maximum Gasteiger partial charge on any atom is 0.329 e. The highest BCUT2D eigenvalue weighted by Gasteiger charge is 2.59. The Kier molecular flexibility index (Phi) is 6.46. The summed E-state index contributed by atoms with van der Waals surface area (Å²) in [5.74, 6) is -1.47. The number of carbonyl (C=O) groups is 4. The zero-order valence-corrected chi connectivity index (χ0v) is 19.5. The van der Waals surface area contributed by atoms with Crippen LogP contribution in [0.5, 0.6) is 0 Å². The summed E-state index contributed by atoms with van der Waals surface area (Å²) in [6.45, 7) is 4.93. The molecule has 2 aromatic rings. The molecule has 2 aliphatic heterocycles. The number of aliphatic hydroxyl groups excluding tert-OH is 1. The molecule has 10 heteroatoms. The average Bonchev–Trinajstić information content (AvgIpc) is 3.15. The van der Waals surface area contributed by atoms with Crippen LogP contribution >= 0.6 is 0 Å². The third-order valence-electron chi connectivity index (χ3n) is 6.53. The highest BCUT2D eigenvalue weighted by Crippen LogP contribution is 2.39. The molecule has 10 nitrogen and oxygen atoms in total. The number of hydrogen-bond acceptors (Lipinski definition) is 7. The number of hydrogen-bond donors (Lipinski definition) is 4. The van der Waals surface area contributed by atoms with Gasteiger partial charge in [0.15, 0.2) is 17.2 Å². The van der Waals surface area contributed by atoms with E-state index in [1.165, 1.54) is 19.1 Å². The molecule has 4 rings (SSSR count). The van der Waals surface area contributed by atoms with E-state index in [1.807, 2.05) is 0 Å². The fourth-order valence-electron chi connectivity index (χ4n) is 4.65. The molecule has 4 N–H and O–H groups in total. The summed E-state index contributed by atoms with van der Waals surface area (Å²) in [6.07, 6.45) is -6.05. The average molecular weight is 482 g/mol. The predicted octanol–water partition coefficient (Wildman–Crippen LogP) is 1.66. The number of ketones is 2. The van der Waals surface area contributed by atoms with Gasteiger partial charge in [-0.05, 0) is 31.9 Å². The number of amides is 4. The topological polar surface area (TPSA) is 145 Å². The Balaban J connectivity index is 1.74. The summed E-state index contributed by atoms with van der Waals surface area (Å²) in [7, 11) is 0. The molecule has 2 fully saturated rings. The molecule has 2 saturated heterocycles. The van der Waals surface area contributed by atoms with E-state index in [2.05, 4.69) is 10.6 Å². The molecule has 2 heterocycles. The van der Waals surface area contributed by atoms with Gasteiger partial charge in [0.2, 0.25) is 0 Å². The molecular weight excluding hydrogens is 454 g/mol. The van der Waals surface area contributed by atoms with Crippen LogP contribution in [0.25, 0.3) is 0 Å². The van der Waals surface area contributed by atoms with E-state index in [9.17, 15) is 29.4 Å². The van der Waals surface area contributed by atoms with Crippen molar-refractivity contribution in [2.45, 2.75) is 57.4 Å². The van der Waals surface area contributed by atoms with Crippen molar-refractivity contribution >= 4 is 23.6 Å². The minimum Gasteiger partial charge on any atom is -0.382 e. The molecule has 0 bridgehead atoms. The molecule has 0 aliphatic carbocycles. The van der Waals surface area contributed by atoms with E-state index in [4.69, 9.17) is 4.74 Å². The van der Waals surface area contributed by atoms with E-state index in [0.29, 0.717) is 11.1 Å². The van der Waals surface area contributed by atoms with Crippen molar-refractivity contribution in [3.8, 4) is 0 Å². The Bertz CT molecular complexity index is 1200. The van der Waals surface area contributed by atoms with Gasteiger partial charge in [-0.25, -0.2) is 9.59 Å². The van der Waals surface area contributed by atoms with Crippen LogP contribution < -0.4 is 10.6 Å². The normalized spacial score (nSPS) is 27.2. The van der Waals surface area contributed by atoms with E-state index in [0.717, 1.165) is 4.90 Å². The third kappa shape index (κ3) is 4.31. The molecule has 5 atom stereocenters. The van der Waals surface area contributed by atoms with Crippen molar-refractivity contribution in [3.05, 3.63) is 70.8 Å². The highest BCUT2D eigenvalue weighted by molar-refractivity contribution is 6.06. The van der Waals surface area contributed by atoms with Crippen LogP contribution in [-0.2, 0) is 4.74 Å². The van der Waals surface area contributed by atoms with E-state index < -0.39 is 60.3 Å². The quantitative estimate of drug-likeness (QED) is 0.459. The van der Waals surface area contributed by atoms with Crippen LogP contribution in [0.2, 0.25) is 0 Å². The number of nitrogens with one attached hydrogen (secondary N) is 2. The number of nitrogens with zero attached hydrogens (tertiary/aromatic N) is 1. The highest BCUT2D eigenvalue weighted by atomic mass is 16.6. The lowest BCUT2D eigenvalue weighted by atomic mass is 9.81.